The molecule has 2 fully saturated rings. The molecule has 2 rings (SSSR count). The highest BCUT2D eigenvalue weighted by Crippen LogP contribution is 2.27. The maximum Gasteiger partial charge on any atom is 0.0195 e. The van der Waals surface area contributed by atoms with E-state index in [1.54, 1.807) is 0 Å². The highest BCUT2D eigenvalue weighted by atomic mass is 15.2. The van der Waals surface area contributed by atoms with Crippen LogP contribution in [-0.4, -0.2) is 36.6 Å². The second-order valence-corrected chi connectivity index (χ2v) is 6.12. The molecule has 1 N–H and O–H groups in total. The van der Waals surface area contributed by atoms with Gasteiger partial charge in [-0.1, -0.05) is 39.5 Å². The molecule has 0 amide bonds. The van der Waals surface area contributed by atoms with E-state index in [-0.39, 0.29) is 0 Å². The molecule has 3 unspecified atom stereocenters. The van der Waals surface area contributed by atoms with Crippen LogP contribution in [0.15, 0.2) is 0 Å². The fourth-order valence-corrected chi connectivity index (χ4v) is 3.71. The van der Waals surface area contributed by atoms with Crippen molar-refractivity contribution >= 4 is 0 Å². The van der Waals surface area contributed by atoms with E-state index < -0.39 is 0 Å². The molecule has 0 bridgehead atoms. The summed E-state index contributed by atoms with van der Waals surface area (Å²) in [6, 6.07) is 1.63. The van der Waals surface area contributed by atoms with Gasteiger partial charge in [0.25, 0.3) is 0 Å². The average Bonchev–Trinajstić information content (AvgIpc) is 2.55. The summed E-state index contributed by atoms with van der Waals surface area (Å²) in [5.41, 5.74) is 0. The van der Waals surface area contributed by atoms with Crippen LogP contribution >= 0.6 is 0 Å². The van der Waals surface area contributed by atoms with Crippen molar-refractivity contribution in [3.8, 4) is 0 Å². The van der Waals surface area contributed by atoms with Crippen LogP contribution in [0.1, 0.15) is 58.8 Å². The molecule has 0 radical (unpaired) electrons. The SMILES string of the molecule is CCCC1CN(C2CCCCCC2C)CCN1. The van der Waals surface area contributed by atoms with Crippen molar-refractivity contribution in [3.63, 3.8) is 0 Å². The van der Waals surface area contributed by atoms with Gasteiger partial charge in [0.1, 0.15) is 0 Å². The van der Waals surface area contributed by atoms with Gasteiger partial charge in [-0.05, 0) is 25.2 Å². The third-order valence-electron chi connectivity index (χ3n) is 4.71. The van der Waals surface area contributed by atoms with Crippen LogP contribution in [0.2, 0.25) is 0 Å². The molecule has 0 aromatic carbocycles. The van der Waals surface area contributed by atoms with Gasteiger partial charge >= 0.3 is 0 Å². The minimum atomic E-state index is 0.754. The molecule has 1 aliphatic carbocycles. The first-order valence-electron chi connectivity index (χ1n) is 7.78. The molecule has 1 saturated heterocycles. The maximum absolute atomic E-state index is 3.68. The molecule has 0 aromatic heterocycles. The molecule has 2 nitrogen and oxygen atoms in total. The van der Waals surface area contributed by atoms with Gasteiger partial charge in [0.15, 0.2) is 0 Å². The first-order chi connectivity index (χ1) is 8.31. The second-order valence-electron chi connectivity index (χ2n) is 6.12. The Morgan fingerprint density at radius 1 is 1.18 bits per heavy atom. The molecule has 1 aliphatic heterocycles. The minimum Gasteiger partial charge on any atom is -0.311 e. The maximum atomic E-state index is 3.68. The van der Waals surface area contributed by atoms with Crippen molar-refractivity contribution in [2.45, 2.75) is 70.9 Å². The highest BCUT2D eigenvalue weighted by Gasteiger charge is 2.29. The molecule has 3 atom stereocenters. The highest BCUT2D eigenvalue weighted by molar-refractivity contribution is 4.86. The first kappa shape index (κ1) is 13.4. The number of nitrogens with one attached hydrogen (secondary N) is 1. The van der Waals surface area contributed by atoms with E-state index in [0.717, 1.165) is 18.0 Å². The van der Waals surface area contributed by atoms with Gasteiger partial charge in [0.2, 0.25) is 0 Å². The van der Waals surface area contributed by atoms with Crippen molar-refractivity contribution in [1.82, 2.24) is 10.2 Å². The summed E-state index contributed by atoms with van der Waals surface area (Å²) in [5, 5.41) is 3.68. The zero-order chi connectivity index (χ0) is 12.1. The Bertz CT molecular complexity index is 215. The topological polar surface area (TPSA) is 15.3 Å². The second kappa shape index (κ2) is 6.75. The summed E-state index contributed by atoms with van der Waals surface area (Å²) in [5.74, 6) is 0.915. The lowest BCUT2D eigenvalue weighted by molar-refractivity contribution is 0.0998. The van der Waals surface area contributed by atoms with Crippen molar-refractivity contribution in [2.75, 3.05) is 19.6 Å². The third kappa shape index (κ3) is 3.69. The average molecular weight is 238 g/mol. The lowest BCUT2D eigenvalue weighted by Crippen LogP contribution is -2.55. The van der Waals surface area contributed by atoms with Crippen LogP contribution in [-0.2, 0) is 0 Å². The van der Waals surface area contributed by atoms with Crippen LogP contribution in [0.4, 0.5) is 0 Å². The van der Waals surface area contributed by atoms with Crippen LogP contribution in [0.3, 0.4) is 0 Å². The van der Waals surface area contributed by atoms with Gasteiger partial charge in [0, 0.05) is 31.7 Å². The predicted octanol–water partition coefficient (Wildman–Crippen LogP) is 3.03. The Labute approximate surface area is 107 Å². The minimum absolute atomic E-state index is 0.754. The zero-order valence-corrected chi connectivity index (χ0v) is 11.8. The Kier molecular flexibility index (Phi) is 5.30. The summed E-state index contributed by atoms with van der Waals surface area (Å²) in [4.78, 5) is 2.80. The van der Waals surface area contributed by atoms with Crippen molar-refractivity contribution in [3.05, 3.63) is 0 Å². The van der Waals surface area contributed by atoms with Crippen molar-refractivity contribution in [2.24, 2.45) is 5.92 Å². The molecule has 100 valence electrons. The van der Waals surface area contributed by atoms with E-state index in [9.17, 15) is 0 Å². The number of rotatable bonds is 3. The fourth-order valence-electron chi connectivity index (χ4n) is 3.71. The predicted molar refractivity (Wildman–Crippen MR) is 74.3 cm³/mol. The molecule has 2 aliphatic rings. The number of piperazine rings is 1. The summed E-state index contributed by atoms with van der Waals surface area (Å²) in [7, 11) is 0. The van der Waals surface area contributed by atoms with Crippen LogP contribution in [0, 0.1) is 5.92 Å². The lowest BCUT2D eigenvalue weighted by Gasteiger charge is -2.41. The largest absolute Gasteiger partial charge is 0.311 e. The van der Waals surface area contributed by atoms with Crippen LogP contribution < -0.4 is 5.32 Å². The molecule has 1 heterocycles. The van der Waals surface area contributed by atoms with Gasteiger partial charge < -0.3 is 5.32 Å². The number of nitrogens with zero attached hydrogens (tertiary/aromatic N) is 1. The quantitative estimate of drug-likeness (QED) is 0.760. The fraction of sp³-hybridized carbons (Fsp3) is 1.00. The third-order valence-corrected chi connectivity index (χ3v) is 4.71. The number of hydrogen-bond acceptors (Lipinski definition) is 2. The summed E-state index contributed by atoms with van der Waals surface area (Å²) in [6.45, 7) is 8.55. The van der Waals surface area contributed by atoms with E-state index in [0.29, 0.717) is 0 Å². The Hall–Kier alpha value is -0.0800. The van der Waals surface area contributed by atoms with E-state index in [1.165, 1.54) is 64.6 Å². The van der Waals surface area contributed by atoms with Crippen LogP contribution in [0.25, 0.3) is 0 Å². The lowest BCUT2D eigenvalue weighted by atomic mass is 9.94. The molecular weight excluding hydrogens is 208 g/mol. The van der Waals surface area contributed by atoms with E-state index >= 15 is 0 Å². The van der Waals surface area contributed by atoms with Gasteiger partial charge in [-0.15, -0.1) is 0 Å². The normalized spacial score (nSPS) is 36.7. The molecule has 0 spiro atoms. The molecular formula is C15H30N2. The standard InChI is InChI=1S/C15H30N2/c1-3-7-14-12-17(11-10-16-14)15-9-6-4-5-8-13(15)2/h13-16H,3-12H2,1-2H3. The Morgan fingerprint density at radius 2 is 2.00 bits per heavy atom. The monoisotopic (exact) mass is 238 g/mol. The Morgan fingerprint density at radius 3 is 2.82 bits per heavy atom. The van der Waals surface area contributed by atoms with Crippen molar-refractivity contribution < 1.29 is 0 Å². The van der Waals surface area contributed by atoms with Crippen LogP contribution in [0.5, 0.6) is 0 Å². The van der Waals surface area contributed by atoms with E-state index in [2.05, 4.69) is 24.1 Å². The smallest absolute Gasteiger partial charge is 0.0195 e. The van der Waals surface area contributed by atoms with Gasteiger partial charge in [-0.3, -0.25) is 4.90 Å². The van der Waals surface area contributed by atoms with Gasteiger partial charge in [-0.2, -0.15) is 0 Å². The summed E-state index contributed by atoms with van der Waals surface area (Å²) >= 11 is 0. The molecule has 1 saturated carbocycles. The van der Waals surface area contributed by atoms with E-state index in [1.807, 2.05) is 0 Å². The summed E-state index contributed by atoms with van der Waals surface area (Å²) in [6.07, 6.45) is 9.93. The zero-order valence-electron chi connectivity index (χ0n) is 11.8. The van der Waals surface area contributed by atoms with Gasteiger partial charge in [0.05, 0.1) is 0 Å². The Balaban J connectivity index is 1.90. The first-order valence-corrected chi connectivity index (χ1v) is 7.78. The molecule has 2 heteroatoms. The van der Waals surface area contributed by atoms with Crippen molar-refractivity contribution in [1.29, 1.82) is 0 Å². The van der Waals surface area contributed by atoms with Gasteiger partial charge in [-0.25, -0.2) is 0 Å². The summed E-state index contributed by atoms with van der Waals surface area (Å²) < 4.78 is 0. The molecule has 17 heavy (non-hydrogen) atoms. The number of hydrogen-bond donors (Lipinski definition) is 1. The molecule has 0 aromatic rings. The van der Waals surface area contributed by atoms with E-state index in [4.69, 9.17) is 0 Å².